The molecule has 0 saturated carbocycles. The van der Waals surface area contributed by atoms with Crippen LogP contribution in [0.25, 0.3) is 5.57 Å². The average Bonchev–Trinajstić information content (AvgIpc) is 2.80. The molecule has 0 fully saturated rings. The zero-order valence-corrected chi connectivity index (χ0v) is 15.9. The van der Waals surface area contributed by atoms with Crippen LogP contribution < -0.4 is 9.64 Å². The third-order valence-corrected chi connectivity index (χ3v) is 4.64. The molecule has 3 rings (SSSR count). The Balaban J connectivity index is 2.06. The minimum absolute atomic E-state index is 0.0717. The van der Waals surface area contributed by atoms with Crippen LogP contribution in [0.15, 0.2) is 47.5 Å². The van der Waals surface area contributed by atoms with E-state index in [1.807, 2.05) is 45.9 Å². The van der Waals surface area contributed by atoms with Crippen LogP contribution in [0.2, 0.25) is 0 Å². The van der Waals surface area contributed by atoms with Crippen molar-refractivity contribution in [2.75, 3.05) is 4.90 Å². The normalized spacial score (nSPS) is 14.6. The summed E-state index contributed by atoms with van der Waals surface area (Å²) in [5.74, 6) is -0.511. The summed E-state index contributed by atoms with van der Waals surface area (Å²) in [7, 11) is 0. The second-order valence-corrected chi connectivity index (χ2v) is 6.95. The number of amides is 2. The van der Waals surface area contributed by atoms with E-state index in [9.17, 15) is 9.59 Å². The Morgan fingerprint density at radius 3 is 2.31 bits per heavy atom. The van der Waals surface area contributed by atoms with Crippen molar-refractivity contribution in [1.82, 2.24) is 0 Å². The Morgan fingerprint density at radius 1 is 0.962 bits per heavy atom. The van der Waals surface area contributed by atoms with E-state index < -0.39 is 11.8 Å². The molecule has 2 aromatic carbocycles. The molecule has 0 aromatic heterocycles. The van der Waals surface area contributed by atoms with Gasteiger partial charge in [-0.3, -0.25) is 9.59 Å². The van der Waals surface area contributed by atoms with Gasteiger partial charge in [-0.15, -0.1) is 0 Å². The molecule has 0 radical (unpaired) electrons. The predicted octanol–water partition coefficient (Wildman–Crippen LogP) is 4.61. The number of anilines is 1. The Labute approximate surface area is 158 Å². The van der Waals surface area contributed by atoms with Crippen molar-refractivity contribution in [3.8, 4) is 5.75 Å². The van der Waals surface area contributed by atoms with Crippen molar-refractivity contribution in [1.29, 1.82) is 0 Å². The third kappa shape index (κ3) is 3.13. The Bertz CT molecular complexity index is 931. The quantitative estimate of drug-likeness (QED) is 0.739. The lowest BCUT2D eigenvalue weighted by Gasteiger charge is -2.20. The SMILES string of the molecule is Cc1ccc(C2=C(Cl)C(=O)N(c3ccccc3OC(C)C)C2=O)cc1C. The molecule has 0 spiro atoms. The maximum absolute atomic E-state index is 13.1. The number of benzene rings is 2. The van der Waals surface area contributed by atoms with Gasteiger partial charge >= 0.3 is 0 Å². The van der Waals surface area contributed by atoms with Gasteiger partial charge < -0.3 is 4.74 Å². The fourth-order valence-corrected chi connectivity index (χ4v) is 3.14. The largest absolute Gasteiger partial charge is 0.489 e. The van der Waals surface area contributed by atoms with Gasteiger partial charge in [0.25, 0.3) is 11.8 Å². The Morgan fingerprint density at radius 2 is 1.65 bits per heavy atom. The zero-order chi connectivity index (χ0) is 19.0. The van der Waals surface area contributed by atoms with Crippen molar-refractivity contribution in [2.24, 2.45) is 0 Å². The summed E-state index contributed by atoms with van der Waals surface area (Å²) in [4.78, 5) is 26.9. The van der Waals surface area contributed by atoms with E-state index in [0.717, 1.165) is 16.0 Å². The van der Waals surface area contributed by atoms with Crippen LogP contribution in [-0.4, -0.2) is 17.9 Å². The van der Waals surface area contributed by atoms with Crippen LogP contribution in [0.3, 0.4) is 0 Å². The third-order valence-electron chi connectivity index (χ3n) is 4.29. The monoisotopic (exact) mass is 369 g/mol. The van der Waals surface area contributed by atoms with Crippen LogP contribution in [0.1, 0.15) is 30.5 Å². The second-order valence-electron chi connectivity index (χ2n) is 6.57. The first-order valence-electron chi connectivity index (χ1n) is 8.43. The molecule has 0 saturated heterocycles. The van der Waals surface area contributed by atoms with Gasteiger partial charge in [-0.2, -0.15) is 0 Å². The Hall–Kier alpha value is -2.59. The number of imide groups is 1. The molecule has 0 N–H and O–H groups in total. The standard InChI is InChI=1S/C21H20ClNO3/c1-12(2)26-17-8-6-5-7-16(17)23-20(24)18(19(22)21(23)25)15-10-9-13(3)14(4)11-15/h5-12H,1-4H3. The molecule has 0 aliphatic carbocycles. The van der Waals surface area contributed by atoms with E-state index in [-0.39, 0.29) is 16.7 Å². The fraction of sp³-hybridized carbons (Fsp3) is 0.238. The number of carbonyl (C=O) groups excluding carboxylic acids is 2. The van der Waals surface area contributed by atoms with E-state index in [1.165, 1.54) is 0 Å². The molecule has 1 heterocycles. The molecule has 134 valence electrons. The molecule has 1 aliphatic rings. The van der Waals surface area contributed by atoms with Gasteiger partial charge in [0.2, 0.25) is 0 Å². The molecule has 1 aliphatic heterocycles. The van der Waals surface area contributed by atoms with Crippen molar-refractivity contribution in [3.63, 3.8) is 0 Å². The van der Waals surface area contributed by atoms with Gasteiger partial charge in [0.05, 0.1) is 17.4 Å². The van der Waals surface area contributed by atoms with Crippen LogP contribution in [-0.2, 0) is 9.59 Å². The van der Waals surface area contributed by atoms with Gasteiger partial charge in [-0.25, -0.2) is 4.90 Å². The van der Waals surface area contributed by atoms with E-state index in [0.29, 0.717) is 17.0 Å². The predicted molar refractivity (Wildman–Crippen MR) is 103 cm³/mol. The van der Waals surface area contributed by atoms with E-state index in [2.05, 4.69) is 0 Å². The smallest absolute Gasteiger partial charge is 0.277 e. The highest BCUT2D eigenvalue weighted by Crippen LogP contribution is 2.39. The number of aryl methyl sites for hydroxylation is 2. The van der Waals surface area contributed by atoms with Crippen molar-refractivity contribution >= 4 is 34.7 Å². The first kappa shape index (κ1) is 18.2. The van der Waals surface area contributed by atoms with Crippen molar-refractivity contribution in [2.45, 2.75) is 33.8 Å². The number of hydrogen-bond donors (Lipinski definition) is 0. The number of hydrogen-bond acceptors (Lipinski definition) is 3. The summed E-state index contributed by atoms with van der Waals surface area (Å²) in [6.07, 6.45) is -0.0911. The maximum atomic E-state index is 13.1. The summed E-state index contributed by atoms with van der Waals surface area (Å²) in [6, 6.07) is 12.6. The zero-order valence-electron chi connectivity index (χ0n) is 15.2. The molecule has 0 atom stereocenters. The fourth-order valence-electron chi connectivity index (χ4n) is 2.86. The van der Waals surface area contributed by atoms with Gasteiger partial charge in [-0.1, -0.05) is 41.9 Å². The van der Waals surface area contributed by atoms with Gasteiger partial charge in [-0.05, 0) is 56.5 Å². The molecule has 2 aromatic rings. The van der Waals surface area contributed by atoms with Crippen LogP contribution in [0.5, 0.6) is 5.75 Å². The number of para-hydroxylation sites is 2. The molecule has 5 heteroatoms. The molecule has 0 unspecified atom stereocenters. The van der Waals surface area contributed by atoms with Crippen LogP contribution in [0.4, 0.5) is 5.69 Å². The number of halogens is 1. The van der Waals surface area contributed by atoms with Crippen LogP contribution in [0, 0.1) is 13.8 Å². The van der Waals surface area contributed by atoms with E-state index >= 15 is 0 Å². The summed E-state index contributed by atoms with van der Waals surface area (Å²) in [5.41, 5.74) is 3.39. The van der Waals surface area contributed by atoms with Gasteiger partial charge in [0, 0.05) is 0 Å². The summed E-state index contributed by atoms with van der Waals surface area (Å²) in [5, 5.41) is -0.0717. The lowest BCUT2D eigenvalue weighted by atomic mass is 10.0. The number of nitrogens with zero attached hydrogens (tertiary/aromatic N) is 1. The topological polar surface area (TPSA) is 46.6 Å². The highest BCUT2D eigenvalue weighted by atomic mass is 35.5. The molecular weight excluding hydrogens is 350 g/mol. The average molecular weight is 370 g/mol. The highest BCUT2D eigenvalue weighted by Gasteiger charge is 2.40. The first-order chi connectivity index (χ1) is 12.3. The van der Waals surface area contributed by atoms with Crippen molar-refractivity contribution < 1.29 is 14.3 Å². The minimum atomic E-state index is -0.537. The molecule has 2 amide bonds. The van der Waals surface area contributed by atoms with E-state index in [4.69, 9.17) is 16.3 Å². The summed E-state index contributed by atoms with van der Waals surface area (Å²) >= 11 is 6.28. The maximum Gasteiger partial charge on any atom is 0.277 e. The summed E-state index contributed by atoms with van der Waals surface area (Å²) < 4.78 is 5.76. The molecule has 4 nitrogen and oxygen atoms in total. The van der Waals surface area contributed by atoms with Gasteiger partial charge in [0.1, 0.15) is 10.8 Å². The second kappa shape index (κ2) is 6.96. The van der Waals surface area contributed by atoms with Gasteiger partial charge in [0.15, 0.2) is 0 Å². The minimum Gasteiger partial charge on any atom is -0.489 e. The number of rotatable bonds is 4. The highest BCUT2D eigenvalue weighted by molar-refractivity contribution is 6.60. The Kier molecular flexibility index (Phi) is 4.88. The lowest BCUT2D eigenvalue weighted by Crippen LogP contribution is -2.31. The first-order valence-corrected chi connectivity index (χ1v) is 8.81. The molecular formula is C21H20ClNO3. The number of ether oxygens (including phenoxy) is 1. The molecule has 0 bridgehead atoms. The lowest BCUT2D eigenvalue weighted by molar-refractivity contribution is -0.119. The van der Waals surface area contributed by atoms with E-state index in [1.54, 1.807) is 24.3 Å². The van der Waals surface area contributed by atoms with Crippen LogP contribution >= 0.6 is 11.6 Å². The number of carbonyl (C=O) groups is 2. The van der Waals surface area contributed by atoms with Crippen molar-refractivity contribution in [3.05, 3.63) is 64.2 Å². The molecule has 26 heavy (non-hydrogen) atoms. The summed E-state index contributed by atoms with van der Waals surface area (Å²) in [6.45, 7) is 7.72.